The third-order valence-electron chi connectivity index (χ3n) is 3.84. The molecule has 0 saturated carbocycles. The van der Waals surface area contributed by atoms with Crippen LogP contribution in [-0.4, -0.2) is 53.8 Å². The van der Waals surface area contributed by atoms with Crippen LogP contribution < -0.4 is 5.32 Å². The number of nitrogens with one attached hydrogen (secondary N) is 1. The van der Waals surface area contributed by atoms with Crippen LogP contribution >= 0.6 is 0 Å². The molecular formula is C14H26N4O. The van der Waals surface area contributed by atoms with Gasteiger partial charge in [-0.05, 0) is 33.4 Å². The number of methoxy groups -OCH3 is 1. The highest BCUT2D eigenvalue weighted by molar-refractivity contribution is 5.27. The fourth-order valence-corrected chi connectivity index (χ4v) is 2.71. The monoisotopic (exact) mass is 266 g/mol. The maximum atomic E-state index is 5.15. The molecule has 1 aliphatic heterocycles. The first-order valence-electron chi connectivity index (χ1n) is 7.17. The van der Waals surface area contributed by atoms with Gasteiger partial charge in [-0.15, -0.1) is 0 Å². The van der Waals surface area contributed by atoms with Crippen LogP contribution in [0.15, 0.2) is 12.4 Å². The van der Waals surface area contributed by atoms with Crippen molar-refractivity contribution in [2.75, 3.05) is 32.6 Å². The van der Waals surface area contributed by atoms with Gasteiger partial charge in [-0.25, -0.2) is 4.98 Å². The van der Waals surface area contributed by atoms with Crippen LogP contribution in [0.5, 0.6) is 0 Å². The Kier molecular flexibility index (Phi) is 5.22. The van der Waals surface area contributed by atoms with E-state index in [1.807, 2.05) is 6.20 Å². The second-order valence-corrected chi connectivity index (χ2v) is 5.53. The zero-order valence-corrected chi connectivity index (χ0v) is 12.3. The van der Waals surface area contributed by atoms with Gasteiger partial charge in [0.1, 0.15) is 0 Å². The number of aromatic nitrogens is 2. The fraction of sp³-hybridized carbons (Fsp3) is 0.786. The van der Waals surface area contributed by atoms with E-state index in [0.717, 1.165) is 12.5 Å². The molecule has 0 aromatic carbocycles. The summed E-state index contributed by atoms with van der Waals surface area (Å²) in [4.78, 5) is 6.87. The number of imidazole rings is 1. The lowest BCUT2D eigenvalue weighted by molar-refractivity contribution is 0.167. The molecule has 2 rings (SSSR count). The lowest BCUT2D eigenvalue weighted by Crippen LogP contribution is -2.39. The average Bonchev–Trinajstić information content (AvgIpc) is 2.80. The summed E-state index contributed by atoms with van der Waals surface area (Å²) in [6.07, 6.45) is 7.87. The van der Waals surface area contributed by atoms with Crippen molar-refractivity contribution < 1.29 is 4.74 Å². The Morgan fingerprint density at radius 1 is 1.53 bits per heavy atom. The molecule has 1 N–H and O–H groups in total. The zero-order chi connectivity index (χ0) is 13.7. The lowest BCUT2D eigenvalue weighted by atomic mass is 10.0. The van der Waals surface area contributed by atoms with Gasteiger partial charge in [-0.3, -0.25) is 0 Å². The number of hydrogen-bond acceptors (Lipinski definition) is 4. The predicted octanol–water partition coefficient (Wildman–Crippen LogP) is 1.81. The second-order valence-electron chi connectivity index (χ2n) is 5.53. The molecule has 5 nitrogen and oxygen atoms in total. The van der Waals surface area contributed by atoms with Crippen molar-refractivity contribution in [3.63, 3.8) is 0 Å². The van der Waals surface area contributed by atoms with E-state index in [1.165, 1.54) is 25.8 Å². The molecule has 0 radical (unpaired) electrons. The number of ether oxygens (including phenoxy) is 1. The molecular weight excluding hydrogens is 240 g/mol. The van der Waals surface area contributed by atoms with Crippen molar-refractivity contribution in [3.8, 4) is 0 Å². The quantitative estimate of drug-likeness (QED) is 0.853. The van der Waals surface area contributed by atoms with E-state index in [2.05, 4.69) is 39.9 Å². The van der Waals surface area contributed by atoms with Gasteiger partial charge < -0.3 is 19.5 Å². The van der Waals surface area contributed by atoms with Crippen LogP contribution in [0, 0.1) is 0 Å². The van der Waals surface area contributed by atoms with Gasteiger partial charge in [-0.1, -0.05) is 6.42 Å². The number of hydrogen-bond donors (Lipinski definition) is 1. The highest BCUT2D eigenvalue weighted by Gasteiger charge is 2.20. The van der Waals surface area contributed by atoms with Gasteiger partial charge >= 0.3 is 0 Å². The third-order valence-corrected chi connectivity index (χ3v) is 3.84. The van der Waals surface area contributed by atoms with E-state index in [4.69, 9.17) is 4.74 Å². The number of likely N-dealkylation sites (tertiary alicyclic amines) is 1. The molecule has 1 aromatic rings. The largest absolute Gasteiger partial charge is 0.383 e. The van der Waals surface area contributed by atoms with Crippen molar-refractivity contribution in [1.29, 1.82) is 0 Å². The number of likely N-dealkylation sites (N-methyl/N-ethyl adjacent to an activating group) is 1. The van der Waals surface area contributed by atoms with Crippen molar-refractivity contribution >= 4 is 5.95 Å². The van der Waals surface area contributed by atoms with Crippen molar-refractivity contribution in [2.45, 2.75) is 44.8 Å². The van der Waals surface area contributed by atoms with Gasteiger partial charge in [0.15, 0.2) is 0 Å². The number of nitrogens with zero attached hydrogens (tertiary/aromatic N) is 3. The van der Waals surface area contributed by atoms with E-state index in [9.17, 15) is 0 Å². The minimum Gasteiger partial charge on any atom is -0.383 e. The molecule has 1 fully saturated rings. The Bertz CT molecular complexity index is 379. The molecule has 0 aliphatic carbocycles. The number of piperidine rings is 1. The van der Waals surface area contributed by atoms with Gasteiger partial charge in [-0.2, -0.15) is 0 Å². The van der Waals surface area contributed by atoms with E-state index < -0.39 is 0 Å². The Morgan fingerprint density at radius 2 is 2.37 bits per heavy atom. The summed E-state index contributed by atoms with van der Waals surface area (Å²) in [5.74, 6) is 0.948. The minimum atomic E-state index is 0.273. The van der Waals surface area contributed by atoms with Crippen LogP contribution in [0.4, 0.5) is 5.95 Å². The topological polar surface area (TPSA) is 42.3 Å². The summed E-state index contributed by atoms with van der Waals surface area (Å²) in [6, 6.07) is 0.900. The first-order chi connectivity index (χ1) is 9.20. The summed E-state index contributed by atoms with van der Waals surface area (Å²) >= 11 is 0. The maximum Gasteiger partial charge on any atom is 0.203 e. The molecule has 2 atom stereocenters. The van der Waals surface area contributed by atoms with Crippen molar-refractivity contribution in [3.05, 3.63) is 12.4 Å². The molecule has 1 aliphatic rings. The van der Waals surface area contributed by atoms with Crippen LogP contribution in [-0.2, 0) is 11.3 Å². The fourth-order valence-electron chi connectivity index (χ4n) is 2.71. The highest BCUT2D eigenvalue weighted by atomic mass is 16.5. The van der Waals surface area contributed by atoms with E-state index in [0.29, 0.717) is 12.6 Å². The number of anilines is 1. The molecule has 2 unspecified atom stereocenters. The second kappa shape index (κ2) is 6.91. The van der Waals surface area contributed by atoms with Crippen LogP contribution in [0.25, 0.3) is 0 Å². The molecule has 108 valence electrons. The standard InChI is InChI=1S/C14H26N4O/c1-12(11-19-3)16-14-15-7-9-18(14)10-13-6-4-5-8-17(13)2/h7,9,12-13H,4-6,8,10-11H2,1-3H3,(H,15,16). The molecule has 0 amide bonds. The first kappa shape index (κ1) is 14.3. The molecule has 2 heterocycles. The van der Waals surface area contributed by atoms with Crippen LogP contribution in [0.3, 0.4) is 0 Å². The molecule has 1 saturated heterocycles. The smallest absolute Gasteiger partial charge is 0.203 e. The van der Waals surface area contributed by atoms with Gasteiger partial charge in [0, 0.05) is 38.1 Å². The Hall–Kier alpha value is -1.07. The Balaban J connectivity index is 1.95. The summed E-state index contributed by atoms with van der Waals surface area (Å²) in [6.45, 7) is 5.02. The molecule has 5 heteroatoms. The summed E-state index contributed by atoms with van der Waals surface area (Å²) in [5.41, 5.74) is 0. The summed E-state index contributed by atoms with van der Waals surface area (Å²) in [7, 11) is 3.95. The SMILES string of the molecule is COCC(C)Nc1nccn1CC1CCCCN1C. The molecule has 1 aromatic heterocycles. The van der Waals surface area contributed by atoms with Crippen LogP contribution in [0.2, 0.25) is 0 Å². The number of rotatable bonds is 6. The summed E-state index contributed by atoms with van der Waals surface area (Å²) < 4.78 is 7.37. The third kappa shape index (κ3) is 3.94. The van der Waals surface area contributed by atoms with Crippen LogP contribution in [0.1, 0.15) is 26.2 Å². The average molecular weight is 266 g/mol. The van der Waals surface area contributed by atoms with E-state index in [-0.39, 0.29) is 6.04 Å². The minimum absolute atomic E-state index is 0.273. The van der Waals surface area contributed by atoms with Crippen molar-refractivity contribution in [1.82, 2.24) is 14.5 Å². The predicted molar refractivity (Wildman–Crippen MR) is 77.5 cm³/mol. The Labute approximate surface area is 116 Å². The van der Waals surface area contributed by atoms with Crippen molar-refractivity contribution in [2.24, 2.45) is 0 Å². The van der Waals surface area contributed by atoms with E-state index >= 15 is 0 Å². The highest BCUT2D eigenvalue weighted by Crippen LogP contribution is 2.18. The van der Waals surface area contributed by atoms with Gasteiger partial charge in [0.2, 0.25) is 5.95 Å². The first-order valence-corrected chi connectivity index (χ1v) is 7.17. The zero-order valence-electron chi connectivity index (χ0n) is 12.3. The maximum absolute atomic E-state index is 5.15. The van der Waals surface area contributed by atoms with E-state index in [1.54, 1.807) is 7.11 Å². The normalized spacial score (nSPS) is 22.4. The van der Waals surface area contributed by atoms with Gasteiger partial charge in [0.05, 0.1) is 6.61 Å². The Morgan fingerprint density at radius 3 is 3.11 bits per heavy atom. The van der Waals surface area contributed by atoms with Gasteiger partial charge in [0.25, 0.3) is 0 Å². The molecule has 19 heavy (non-hydrogen) atoms. The summed E-state index contributed by atoms with van der Waals surface area (Å²) in [5, 5.41) is 3.40. The lowest BCUT2D eigenvalue weighted by Gasteiger charge is -2.33. The molecule has 0 bridgehead atoms. The molecule has 0 spiro atoms.